The minimum absolute atomic E-state index is 0.132. The third kappa shape index (κ3) is 5.10. The van der Waals surface area contributed by atoms with Gasteiger partial charge in [-0.2, -0.15) is 5.10 Å². The van der Waals surface area contributed by atoms with E-state index in [1.54, 1.807) is 42.5 Å². The van der Waals surface area contributed by atoms with Gasteiger partial charge in [-0.25, -0.2) is 9.67 Å². The molecule has 3 heterocycles. The average Bonchev–Trinajstić information content (AvgIpc) is 3.58. The number of anilines is 1. The van der Waals surface area contributed by atoms with Crippen molar-refractivity contribution in [1.82, 2.24) is 24.6 Å². The van der Waals surface area contributed by atoms with Crippen LogP contribution >= 0.6 is 0 Å². The van der Waals surface area contributed by atoms with Crippen molar-refractivity contribution in [2.24, 2.45) is 5.73 Å². The average molecular weight is 500 g/mol. The first-order valence-corrected chi connectivity index (χ1v) is 12.2. The maximum absolute atomic E-state index is 13.8. The Balaban J connectivity index is 1.34. The van der Waals surface area contributed by atoms with Crippen molar-refractivity contribution in [2.45, 2.75) is 25.9 Å². The summed E-state index contributed by atoms with van der Waals surface area (Å²) >= 11 is 0. The quantitative estimate of drug-likeness (QED) is 0.324. The molecule has 1 aliphatic rings. The number of nitrogens with one attached hydrogen (secondary N) is 1. The second-order valence-corrected chi connectivity index (χ2v) is 8.86. The molecule has 0 aliphatic carbocycles. The molecule has 0 bridgehead atoms. The van der Waals surface area contributed by atoms with Crippen LogP contribution in [0.3, 0.4) is 0 Å². The Morgan fingerprint density at radius 2 is 2.00 bits per heavy atom. The fraction of sp³-hybridized carbons (Fsp3) is 0.259. The molecular weight excluding hydrogens is 470 g/mol. The summed E-state index contributed by atoms with van der Waals surface area (Å²) in [5, 5.41) is 7.89. The zero-order chi connectivity index (χ0) is 25.8. The van der Waals surface area contributed by atoms with Crippen LogP contribution in [0, 0.1) is 0 Å². The second-order valence-electron chi connectivity index (χ2n) is 8.86. The molecule has 10 nitrogen and oxygen atoms in total. The van der Waals surface area contributed by atoms with E-state index in [-0.39, 0.29) is 11.6 Å². The monoisotopic (exact) mass is 499 g/mol. The third-order valence-corrected chi connectivity index (χ3v) is 6.45. The molecule has 2 aromatic carbocycles. The van der Waals surface area contributed by atoms with Crippen LogP contribution in [0.1, 0.15) is 38.5 Å². The first-order chi connectivity index (χ1) is 18.0. The van der Waals surface area contributed by atoms with Crippen molar-refractivity contribution < 1.29 is 14.3 Å². The number of rotatable bonds is 10. The number of amides is 2. The number of fused-ring (bicyclic) bond motifs is 1. The third-order valence-electron chi connectivity index (χ3n) is 6.45. The summed E-state index contributed by atoms with van der Waals surface area (Å²) in [6.45, 7) is 2.90. The molecule has 0 atom stereocenters. The van der Waals surface area contributed by atoms with Crippen LogP contribution in [0.2, 0.25) is 0 Å². The molecule has 10 heteroatoms. The van der Waals surface area contributed by atoms with Gasteiger partial charge in [0.05, 0.1) is 19.1 Å². The first-order valence-electron chi connectivity index (χ1n) is 12.2. The van der Waals surface area contributed by atoms with Gasteiger partial charge in [-0.3, -0.25) is 9.59 Å². The lowest BCUT2D eigenvalue weighted by Crippen LogP contribution is -2.39. The van der Waals surface area contributed by atoms with E-state index >= 15 is 0 Å². The number of carbonyl (C=O) groups is 2. The van der Waals surface area contributed by atoms with Crippen molar-refractivity contribution in [1.29, 1.82) is 0 Å². The van der Waals surface area contributed by atoms with Crippen LogP contribution in [0.4, 0.5) is 5.69 Å². The van der Waals surface area contributed by atoms with E-state index in [0.717, 1.165) is 30.8 Å². The number of hydrogen-bond donors (Lipinski definition) is 2. The maximum Gasteiger partial charge on any atom is 0.277 e. The molecule has 0 unspecified atom stereocenters. The second kappa shape index (κ2) is 10.7. The summed E-state index contributed by atoms with van der Waals surface area (Å²) in [5.41, 5.74) is 9.21. The Labute approximate surface area is 214 Å². The number of aryl methyl sites for hydroxylation is 1. The predicted octanol–water partition coefficient (Wildman–Crippen LogP) is 2.56. The highest BCUT2D eigenvalue weighted by Gasteiger charge is 2.34. The summed E-state index contributed by atoms with van der Waals surface area (Å²) in [5.74, 6) is -0.187. The highest BCUT2D eigenvalue weighted by atomic mass is 16.5. The van der Waals surface area contributed by atoms with Crippen LogP contribution < -0.4 is 20.7 Å². The van der Waals surface area contributed by atoms with E-state index in [2.05, 4.69) is 20.0 Å². The number of carbonyl (C=O) groups excluding carboxylic acids is 2. The molecule has 37 heavy (non-hydrogen) atoms. The summed E-state index contributed by atoms with van der Waals surface area (Å²) in [6.07, 6.45) is 7.02. The molecular formula is C27H29N7O3. The number of aromatic nitrogens is 4. The topological polar surface area (TPSA) is 120 Å². The number of benzene rings is 2. The van der Waals surface area contributed by atoms with Crippen molar-refractivity contribution in [3.63, 3.8) is 0 Å². The largest absolute Gasteiger partial charge is 0.497 e. The van der Waals surface area contributed by atoms with Crippen LogP contribution in [-0.2, 0) is 19.5 Å². The lowest BCUT2D eigenvalue weighted by Gasteiger charge is -2.28. The number of nitrogens with zero attached hydrogens (tertiary/aromatic N) is 5. The standard InChI is InChI=1S/C27H29N7O3/c1-37-22-8-6-20(7-9-22)34-25-23(24(31-34)26(28)35)10-14-33(27(25)36)21-5-2-4-19(16-21)17-29-11-3-13-32-15-12-30-18-32/h2,4-9,12,15-16,18,29H,3,10-11,13-14,17H2,1H3,(H2,28,35). The van der Waals surface area contributed by atoms with Gasteiger partial charge in [0.2, 0.25) is 0 Å². The molecule has 5 rings (SSSR count). The van der Waals surface area contributed by atoms with Crippen LogP contribution in [0.5, 0.6) is 5.75 Å². The molecule has 0 saturated carbocycles. The van der Waals surface area contributed by atoms with E-state index in [9.17, 15) is 9.59 Å². The molecule has 3 N–H and O–H groups in total. The van der Waals surface area contributed by atoms with Gasteiger partial charge in [-0.05, 0) is 61.3 Å². The number of methoxy groups -OCH3 is 1. The van der Waals surface area contributed by atoms with E-state index in [1.165, 1.54) is 4.68 Å². The number of imidazole rings is 1. The molecule has 2 aromatic heterocycles. The zero-order valence-electron chi connectivity index (χ0n) is 20.6. The molecule has 2 amide bonds. The van der Waals surface area contributed by atoms with E-state index in [1.807, 2.05) is 36.8 Å². The Bertz CT molecular complexity index is 1390. The highest BCUT2D eigenvalue weighted by Crippen LogP contribution is 2.29. The number of hydrogen-bond acceptors (Lipinski definition) is 6. The Hall–Kier alpha value is -4.44. The number of primary amides is 1. The normalized spacial score (nSPS) is 13.0. The summed E-state index contributed by atoms with van der Waals surface area (Å²) in [4.78, 5) is 31.7. The van der Waals surface area contributed by atoms with Crippen LogP contribution in [-0.4, -0.2) is 51.3 Å². The Kier molecular flexibility index (Phi) is 7.00. The summed E-state index contributed by atoms with van der Waals surface area (Å²) in [7, 11) is 1.59. The molecule has 1 aliphatic heterocycles. The lowest BCUT2D eigenvalue weighted by molar-refractivity contribution is 0.0972. The Morgan fingerprint density at radius 3 is 2.73 bits per heavy atom. The smallest absolute Gasteiger partial charge is 0.277 e. The minimum atomic E-state index is -0.647. The van der Waals surface area contributed by atoms with Crippen molar-refractivity contribution >= 4 is 17.5 Å². The predicted molar refractivity (Wildman–Crippen MR) is 139 cm³/mol. The van der Waals surface area contributed by atoms with Gasteiger partial charge in [-0.15, -0.1) is 0 Å². The van der Waals surface area contributed by atoms with Crippen molar-refractivity contribution in [3.05, 3.63) is 89.8 Å². The van der Waals surface area contributed by atoms with Gasteiger partial charge in [0.25, 0.3) is 11.8 Å². The highest BCUT2D eigenvalue weighted by molar-refractivity contribution is 6.09. The fourth-order valence-corrected chi connectivity index (χ4v) is 4.59. The molecule has 0 spiro atoms. The van der Waals surface area contributed by atoms with Gasteiger partial charge < -0.3 is 25.3 Å². The maximum atomic E-state index is 13.8. The van der Waals surface area contributed by atoms with E-state index < -0.39 is 5.91 Å². The molecule has 4 aromatic rings. The van der Waals surface area contributed by atoms with Crippen LogP contribution in [0.25, 0.3) is 5.69 Å². The zero-order valence-corrected chi connectivity index (χ0v) is 20.6. The minimum Gasteiger partial charge on any atom is -0.497 e. The number of nitrogens with two attached hydrogens (primary N) is 1. The first kappa shape index (κ1) is 24.3. The number of ether oxygens (including phenoxy) is 1. The van der Waals surface area contributed by atoms with Gasteiger partial charge in [-0.1, -0.05) is 12.1 Å². The summed E-state index contributed by atoms with van der Waals surface area (Å²) < 4.78 is 8.80. The Morgan fingerprint density at radius 1 is 1.16 bits per heavy atom. The van der Waals surface area contributed by atoms with Crippen molar-refractivity contribution in [3.8, 4) is 11.4 Å². The van der Waals surface area contributed by atoms with Gasteiger partial charge in [0, 0.05) is 43.3 Å². The molecule has 0 radical (unpaired) electrons. The van der Waals surface area contributed by atoms with Crippen LogP contribution in [0.15, 0.2) is 67.3 Å². The summed E-state index contributed by atoms with van der Waals surface area (Å²) in [6, 6.07) is 15.1. The lowest BCUT2D eigenvalue weighted by atomic mass is 10.0. The molecule has 0 fully saturated rings. The molecule has 0 saturated heterocycles. The van der Waals surface area contributed by atoms with E-state index in [4.69, 9.17) is 10.5 Å². The fourth-order valence-electron chi connectivity index (χ4n) is 4.59. The molecule has 190 valence electrons. The van der Waals surface area contributed by atoms with Gasteiger partial charge in [0.1, 0.15) is 11.4 Å². The van der Waals surface area contributed by atoms with Crippen molar-refractivity contribution in [2.75, 3.05) is 25.1 Å². The van der Waals surface area contributed by atoms with Gasteiger partial charge in [0.15, 0.2) is 5.69 Å². The van der Waals surface area contributed by atoms with E-state index in [0.29, 0.717) is 42.2 Å². The van der Waals surface area contributed by atoms with Gasteiger partial charge >= 0.3 is 0 Å². The SMILES string of the molecule is COc1ccc(-n2nc(C(N)=O)c3c2C(=O)N(c2cccc(CNCCCn4ccnc4)c2)CC3)cc1.